The van der Waals surface area contributed by atoms with E-state index in [2.05, 4.69) is 26.0 Å². The summed E-state index contributed by atoms with van der Waals surface area (Å²) in [5, 5.41) is 3.19. The van der Waals surface area contributed by atoms with Crippen molar-refractivity contribution in [2.45, 2.75) is 11.3 Å². The van der Waals surface area contributed by atoms with Gasteiger partial charge in [-0.2, -0.15) is 0 Å². The second kappa shape index (κ2) is 5.97. The molecule has 0 bridgehead atoms. The van der Waals surface area contributed by atoms with Gasteiger partial charge in [-0.05, 0) is 41.0 Å². The van der Waals surface area contributed by atoms with Crippen molar-refractivity contribution in [3.05, 3.63) is 40.4 Å². The molecule has 18 heavy (non-hydrogen) atoms. The summed E-state index contributed by atoms with van der Waals surface area (Å²) in [4.78, 5) is 0.277. The molecule has 0 aliphatic carbocycles. The molecule has 0 fully saturated rings. The van der Waals surface area contributed by atoms with Crippen molar-refractivity contribution in [3.8, 4) is 0 Å². The Hall–Kier alpha value is -0.690. The van der Waals surface area contributed by atoms with E-state index in [1.807, 2.05) is 6.08 Å². The summed E-state index contributed by atoms with van der Waals surface area (Å²) in [6.45, 7) is 2.10. The summed E-state index contributed by atoms with van der Waals surface area (Å²) >= 11 is 3.25. The molecule has 0 saturated heterocycles. The van der Waals surface area contributed by atoms with Crippen LogP contribution >= 0.6 is 15.9 Å². The second-order valence-corrected chi connectivity index (χ2v) is 6.66. The molecule has 2 N–H and O–H groups in total. The van der Waals surface area contributed by atoms with Crippen molar-refractivity contribution in [3.63, 3.8) is 0 Å². The summed E-state index contributed by atoms with van der Waals surface area (Å²) in [7, 11) is -3.45. The summed E-state index contributed by atoms with van der Waals surface area (Å²) in [5.41, 5.74) is 1.13. The Bertz CT molecular complexity index is 555. The van der Waals surface area contributed by atoms with Crippen LogP contribution in [0.4, 0.5) is 0 Å². The number of benzene rings is 1. The fourth-order valence-corrected chi connectivity index (χ4v) is 3.80. The number of hydrogen-bond donors (Lipinski definition) is 2. The fourth-order valence-electron chi connectivity index (χ4n) is 1.76. The Labute approximate surface area is 116 Å². The molecular weight excluding hydrogens is 316 g/mol. The third kappa shape index (κ3) is 3.41. The molecule has 1 aliphatic heterocycles. The van der Waals surface area contributed by atoms with Crippen molar-refractivity contribution in [1.82, 2.24) is 10.0 Å². The molecule has 1 heterocycles. The van der Waals surface area contributed by atoms with Gasteiger partial charge in [0.2, 0.25) is 10.0 Å². The molecule has 1 aromatic rings. The van der Waals surface area contributed by atoms with E-state index >= 15 is 0 Å². The van der Waals surface area contributed by atoms with Crippen LogP contribution in [0.5, 0.6) is 0 Å². The third-order valence-corrected chi connectivity index (χ3v) is 5.19. The molecule has 4 nitrogen and oxygen atoms in total. The normalized spacial score (nSPS) is 16.4. The van der Waals surface area contributed by atoms with Gasteiger partial charge in [-0.15, -0.1) is 0 Å². The smallest absolute Gasteiger partial charge is 0.241 e. The summed E-state index contributed by atoms with van der Waals surface area (Å²) in [6, 6.07) is 6.81. The van der Waals surface area contributed by atoms with Crippen LogP contribution in [0.1, 0.15) is 6.42 Å². The minimum Gasteiger partial charge on any atom is -0.313 e. The maximum Gasteiger partial charge on any atom is 0.241 e. The number of rotatable bonds is 4. The van der Waals surface area contributed by atoms with Gasteiger partial charge in [0.1, 0.15) is 0 Å². The van der Waals surface area contributed by atoms with E-state index in [-0.39, 0.29) is 4.90 Å². The highest BCUT2D eigenvalue weighted by Gasteiger charge is 2.17. The van der Waals surface area contributed by atoms with Crippen LogP contribution in [0.2, 0.25) is 0 Å². The highest BCUT2D eigenvalue weighted by molar-refractivity contribution is 9.10. The zero-order valence-corrected chi connectivity index (χ0v) is 12.2. The lowest BCUT2D eigenvalue weighted by Gasteiger charge is -2.15. The zero-order valence-electron chi connectivity index (χ0n) is 9.82. The highest BCUT2D eigenvalue weighted by atomic mass is 79.9. The molecule has 6 heteroatoms. The SMILES string of the molecule is O=S(=O)(NCC1=CCNCC1)c1ccccc1Br. The summed E-state index contributed by atoms with van der Waals surface area (Å²) < 4.78 is 27.4. The van der Waals surface area contributed by atoms with E-state index in [9.17, 15) is 8.42 Å². The van der Waals surface area contributed by atoms with Gasteiger partial charge >= 0.3 is 0 Å². The maximum absolute atomic E-state index is 12.1. The van der Waals surface area contributed by atoms with Gasteiger partial charge in [-0.3, -0.25) is 0 Å². The predicted octanol–water partition coefficient (Wildman–Crippen LogP) is 1.65. The minimum absolute atomic E-state index is 0.277. The van der Waals surface area contributed by atoms with Crippen LogP contribution in [-0.4, -0.2) is 28.1 Å². The molecule has 0 radical (unpaired) electrons. The van der Waals surface area contributed by atoms with Crippen LogP contribution in [-0.2, 0) is 10.0 Å². The van der Waals surface area contributed by atoms with Gasteiger partial charge in [-0.1, -0.05) is 23.8 Å². The number of nitrogens with one attached hydrogen (secondary N) is 2. The van der Waals surface area contributed by atoms with Crippen molar-refractivity contribution in [2.24, 2.45) is 0 Å². The maximum atomic E-state index is 12.1. The van der Waals surface area contributed by atoms with Crippen LogP contribution in [0, 0.1) is 0 Å². The van der Waals surface area contributed by atoms with E-state index in [4.69, 9.17) is 0 Å². The van der Waals surface area contributed by atoms with E-state index in [1.54, 1.807) is 24.3 Å². The van der Waals surface area contributed by atoms with Crippen molar-refractivity contribution < 1.29 is 8.42 Å². The molecule has 98 valence electrons. The first-order chi connectivity index (χ1) is 8.59. The van der Waals surface area contributed by atoms with Crippen LogP contribution in [0.25, 0.3) is 0 Å². The quantitative estimate of drug-likeness (QED) is 0.825. The highest BCUT2D eigenvalue weighted by Crippen LogP contribution is 2.21. The van der Waals surface area contributed by atoms with E-state index in [0.29, 0.717) is 11.0 Å². The third-order valence-electron chi connectivity index (χ3n) is 2.77. The molecule has 2 rings (SSSR count). The Balaban J connectivity index is 2.08. The zero-order chi connectivity index (χ0) is 13.0. The van der Waals surface area contributed by atoms with Crippen LogP contribution in [0.3, 0.4) is 0 Å². The van der Waals surface area contributed by atoms with Crippen molar-refractivity contribution in [1.29, 1.82) is 0 Å². The molecule has 0 amide bonds. The molecule has 0 aromatic heterocycles. The van der Waals surface area contributed by atoms with Gasteiger partial charge in [0.15, 0.2) is 0 Å². The number of sulfonamides is 1. The molecule has 0 saturated carbocycles. The first-order valence-electron chi connectivity index (χ1n) is 5.72. The number of halogens is 1. The Kier molecular flexibility index (Phi) is 4.55. The average Bonchev–Trinajstić information content (AvgIpc) is 2.38. The lowest BCUT2D eigenvalue weighted by Crippen LogP contribution is -2.29. The standard InChI is InChI=1S/C12H15BrN2O2S/c13-11-3-1-2-4-12(11)18(16,17)15-9-10-5-7-14-8-6-10/h1-5,14-15H,6-9H2. The monoisotopic (exact) mass is 330 g/mol. The largest absolute Gasteiger partial charge is 0.313 e. The Morgan fingerprint density at radius 1 is 1.33 bits per heavy atom. The van der Waals surface area contributed by atoms with Gasteiger partial charge in [0, 0.05) is 17.6 Å². The van der Waals surface area contributed by atoms with Crippen molar-refractivity contribution >= 4 is 26.0 Å². The topological polar surface area (TPSA) is 58.2 Å². The predicted molar refractivity (Wildman–Crippen MR) is 74.9 cm³/mol. The fraction of sp³-hybridized carbons (Fsp3) is 0.333. The molecule has 0 spiro atoms. The van der Waals surface area contributed by atoms with Gasteiger partial charge < -0.3 is 5.32 Å². The van der Waals surface area contributed by atoms with E-state index < -0.39 is 10.0 Å². The van der Waals surface area contributed by atoms with Gasteiger partial charge in [0.25, 0.3) is 0 Å². The van der Waals surface area contributed by atoms with Gasteiger partial charge in [0.05, 0.1) is 4.90 Å². The summed E-state index contributed by atoms with van der Waals surface area (Å²) in [6.07, 6.45) is 2.92. The molecule has 0 atom stereocenters. The van der Waals surface area contributed by atoms with E-state index in [1.165, 1.54) is 0 Å². The molecular formula is C12H15BrN2O2S. The lowest BCUT2D eigenvalue weighted by atomic mass is 10.1. The number of hydrogen-bond acceptors (Lipinski definition) is 3. The summed E-state index contributed by atoms with van der Waals surface area (Å²) in [5.74, 6) is 0. The molecule has 0 unspecified atom stereocenters. The molecule has 1 aliphatic rings. The molecule has 1 aromatic carbocycles. The Morgan fingerprint density at radius 3 is 2.78 bits per heavy atom. The minimum atomic E-state index is -3.45. The lowest BCUT2D eigenvalue weighted by molar-refractivity contribution is 0.582. The van der Waals surface area contributed by atoms with E-state index in [0.717, 1.165) is 25.1 Å². The first-order valence-corrected chi connectivity index (χ1v) is 8.00. The average molecular weight is 331 g/mol. The van der Waals surface area contributed by atoms with Crippen LogP contribution < -0.4 is 10.0 Å². The second-order valence-electron chi connectivity index (χ2n) is 4.07. The Morgan fingerprint density at radius 2 is 2.11 bits per heavy atom. The van der Waals surface area contributed by atoms with Crippen LogP contribution in [0.15, 0.2) is 45.3 Å². The first kappa shape index (κ1) is 13.7. The van der Waals surface area contributed by atoms with Gasteiger partial charge in [-0.25, -0.2) is 13.1 Å². The van der Waals surface area contributed by atoms with Crippen molar-refractivity contribution in [2.75, 3.05) is 19.6 Å².